The van der Waals surface area contributed by atoms with Gasteiger partial charge in [-0.05, 0) is 42.5 Å². The van der Waals surface area contributed by atoms with E-state index in [9.17, 15) is 0 Å². The predicted molar refractivity (Wildman–Crippen MR) is 67.8 cm³/mol. The summed E-state index contributed by atoms with van der Waals surface area (Å²) in [6, 6.07) is 7.23. The number of nitrogens with zero attached hydrogens (tertiary/aromatic N) is 1. The number of benzene rings is 1. The van der Waals surface area contributed by atoms with Gasteiger partial charge >= 0.3 is 0 Å². The van der Waals surface area contributed by atoms with Crippen LogP contribution in [0.1, 0.15) is 36.8 Å². The molecule has 1 aromatic carbocycles. The van der Waals surface area contributed by atoms with Crippen molar-refractivity contribution in [1.29, 1.82) is 0 Å². The van der Waals surface area contributed by atoms with Crippen LogP contribution in [0, 0.1) is 0 Å². The molecule has 0 saturated heterocycles. The second-order valence-corrected chi connectivity index (χ2v) is 5.51. The lowest BCUT2D eigenvalue weighted by Crippen LogP contribution is -2.37. The van der Waals surface area contributed by atoms with Gasteiger partial charge in [0, 0.05) is 24.2 Å². The molecule has 1 heterocycles. The van der Waals surface area contributed by atoms with Gasteiger partial charge in [-0.25, -0.2) is 0 Å². The molecule has 1 fully saturated rings. The van der Waals surface area contributed by atoms with Crippen molar-refractivity contribution < 1.29 is 0 Å². The van der Waals surface area contributed by atoms with Gasteiger partial charge in [0.05, 0.1) is 0 Å². The summed E-state index contributed by atoms with van der Waals surface area (Å²) in [6.07, 6.45) is 6.83. The molecule has 1 saturated carbocycles. The fourth-order valence-electron chi connectivity index (χ4n) is 3.12. The smallest absolute Gasteiger partial charge is 0.0408 e. The topological polar surface area (TPSA) is 3.24 Å². The fourth-order valence-corrected chi connectivity index (χ4v) is 3.32. The van der Waals surface area contributed by atoms with Gasteiger partial charge in [-0.3, -0.25) is 4.90 Å². The molecule has 0 amide bonds. The molecule has 0 N–H and O–H groups in total. The molecule has 0 spiro atoms. The third-order valence-corrected chi connectivity index (χ3v) is 4.29. The molecular weight excluding hydrogens is 218 g/mol. The highest BCUT2D eigenvalue weighted by Crippen LogP contribution is 2.29. The van der Waals surface area contributed by atoms with Crippen molar-refractivity contribution in [2.75, 3.05) is 6.54 Å². The van der Waals surface area contributed by atoms with Crippen molar-refractivity contribution in [3.63, 3.8) is 0 Å². The van der Waals surface area contributed by atoms with Crippen molar-refractivity contribution in [3.8, 4) is 0 Å². The van der Waals surface area contributed by atoms with Gasteiger partial charge < -0.3 is 0 Å². The highest BCUT2D eigenvalue weighted by atomic mass is 35.5. The van der Waals surface area contributed by atoms with Crippen LogP contribution in [0.25, 0.3) is 0 Å². The number of hydrogen-bond donors (Lipinski definition) is 0. The summed E-state index contributed by atoms with van der Waals surface area (Å²) in [5.41, 5.74) is 2.95. The molecular formula is C14H18ClN. The summed E-state index contributed by atoms with van der Waals surface area (Å²) in [4.78, 5) is 2.67. The van der Waals surface area contributed by atoms with Crippen LogP contribution in [-0.2, 0) is 13.0 Å². The minimum absolute atomic E-state index is 0.851. The molecule has 0 radical (unpaired) electrons. The van der Waals surface area contributed by atoms with Crippen LogP contribution in [0.5, 0.6) is 0 Å². The van der Waals surface area contributed by atoms with Gasteiger partial charge in [0.15, 0.2) is 0 Å². The quantitative estimate of drug-likeness (QED) is 0.719. The minimum atomic E-state index is 0.851. The molecule has 86 valence electrons. The summed E-state index contributed by atoms with van der Waals surface area (Å²) in [6.45, 7) is 2.36. The lowest BCUT2D eigenvalue weighted by atomic mass is 9.98. The first kappa shape index (κ1) is 10.6. The minimum Gasteiger partial charge on any atom is -0.296 e. The Bertz CT molecular complexity index is 382. The largest absolute Gasteiger partial charge is 0.296 e. The van der Waals surface area contributed by atoms with Crippen molar-refractivity contribution in [1.82, 2.24) is 4.90 Å². The van der Waals surface area contributed by atoms with E-state index in [-0.39, 0.29) is 0 Å². The molecule has 1 aliphatic carbocycles. The zero-order chi connectivity index (χ0) is 11.0. The van der Waals surface area contributed by atoms with E-state index in [1.165, 1.54) is 49.8 Å². The van der Waals surface area contributed by atoms with E-state index < -0.39 is 0 Å². The van der Waals surface area contributed by atoms with E-state index >= 15 is 0 Å². The molecule has 1 aliphatic heterocycles. The second-order valence-electron chi connectivity index (χ2n) is 5.07. The zero-order valence-electron chi connectivity index (χ0n) is 9.58. The van der Waals surface area contributed by atoms with Crippen LogP contribution >= 0.6 is 11.6 Å². The van der Waals surface area contributed by atoms with Crippen molar-refractivity contribution >= 4 is 11.6 Å². The standard InChI is InChI=1S/C14H18ClN/c15-13-6-5-12-10-16(8-7-11(12)9-13)14-3-1-2-4-14/h5-6,9,14H,1-4,7-8,10H2. The highest BCUT2D eigenvalue weighted by Gasteiger charge is 2.25. The van der Waals surface area contributed by atoms with Gasteiger partial charge in [0.1, 0.15) is 0 Å². The lowest BCUT2D eigenvalue weighted by Gasteiger charge is -2.33. The lowest BCUT2D eigenvalue weighted by molar-refractivity contribution is 0.181. The Morgan fingerprint density at radius 1 is 1.12 bits per heavy atom. The first-order valence-corrected chi connectivity index (χ1v) is 6.72. The summed E-state index contributed by atoms with van der Waals surface area (Å²) in [5.74, 6) is 0. The normalized spacial score (nSPS) is 22.3. The van der Waals surface area contributed by atoms with Crippen LogP contribution in [0.15, 0.2) is 18.2 Å². The van der Waals surface area contributed by atoms with Crippen LogP contribution < -0.4 is 0 Å². The zero-order valence-corrected chi connectivity index (χ0v) is 10.3. The van der Waals surface area contributed by atoms with Gasteiger partial charge in [-0.15, -0.1) is 0 Å². The van der Waals surface area contributed by atoms with E-state index in [1.54, 1.807) is 0 Å². The van der Waals surface area contributed by atoms with E-state index in [0.29, 0.717) is 0 Å². The summed E-state index contributed by atoms with van der Waals surface area (Å²) in [5, 5.41) is 0.882. The van der Waals surface area contributed by atoms with Gasteiger partial charge in [0.25, 0.3) is 0 Å². The van der Waals surface area contributed by atoms with Crippen molar-refractivity contribution in [3.05, 3.63) is 34.3 Å². The first-order valence-electron chi connectivity index (χ1n) is 6.34. The van der Waals surface area contributed by atoms with Gasteiger partial charge in [-0.2, -0.15) is 0 Å². The molecule has 1 aromatic rings. The molecule has 3 rings (SSSR count). The average Bonchev–Trinajstić information content (AvgIpc) is 2.82. The Balaban J connectivity index is 1.78. The Labute approximate surface area is 102 Å². The Hall–Kier alpha value is -0.530. The number of rotatable bonds is 1. The molecule has 0 atom stereocenters. The van der Waals surface area contributed by atoms with E-state index in [2.05, 4.69) is 17.0 Å². The van der Waals surface area contributed by atoms with Crippen molar-refractivity contribution in [2.45, 2.75) is 44.7 Å². The molecule has 2 heteroatoms. The SMILES string of the molecule is Clc1ccc2c(c1)CCN(C1CCCC1)C2. The fraction of sp³-hybridized carbons (Fsp3) is 0.571. The third-order valence-electron chi connectivity index (χ3n) is 4.05. The molecule has 0 unspecified atom stereocenters. The summed E-state index contributed by atoms with van der Waals surface area (Å²) < 4.78 is 0. The van der Waals surface area contributed by atoms with Crippen LogP contribution in [0.2, 0.25) is 5.02 Å². The maximum Gasteiger partial charge on any atom is 0.0408 e. The summed E-state index contributed by atoms with van der Waals surface area (Å²) >= 11 is 6.03. The maximum atomic E-state index is 6.03. The molecule has 0 aromatic heterocycles. The highest BCUT2D eigenvalue weighted by molar-refractivity contribution is 6.30. The number of fused-ring (bicyclic) bond motifs is 1. The van der Waals surface area contributed by atoms with E-state index in [0.717, 1.165) is 17.6 Å². The Kier molecular flexibility index (Phi) is 2.91. The number of halogens is 1. The van der Waals surface area contributed by atoms with Crippen molar-refractivity contribution in [2.24, 2.45) is 0 Å². The van der Waals surface area contributed by atoms with Gasteiger partial charge in [-0.1, -0.05) is 30.5 Å². The van der Waals surface area contributed by atoms with E-state index in [1.807, 2.05) is 6.07 Å². The van der Waals surface area contributed by atoms with E-state index in [4.69, 9.17) is 11.6 Å². The molecule has 1 nitrogen and oxygen atoms in total. The van der Waals surface area contributed by atoms with Crippen LogP contribution in [-0.4, -0.2) is 17.5 Å². The van der Waals surface area contributed by atoms with Crippen LogP contribution in [0.4, 0.5) is 0 Å². The molecule has 16 heavy (non-hydrogen) atoms. The molecule has 2 aliphatic rings. The van der Waals surface area contributed by atoms with Crippen LogP contribution in [0.3, 0.4) is 0 Å². The maximum absolute atomic E-state index is 6.03. The Morgan fingerprint density at radius 2 is 1.94 bits per heavy atom. The summed E-state index contributed by atoms with van der Waals surface area (Å²) in [7, 11) is 0. The average molecular weight is 236 g/mol. The third kappa shape index (κ3) is 1.99. The molecule has 0 bridgehead atoms. The van der Waals surface area contributed by atoms with Gasteiger partial charge in [0.2, 0.25) is 0 Å². The first-order chi connectivity index (χ1) is 7.83. The number of hydrogen-bond acceptors (Lipinski definition) is 1. The second kappa shape index (κ2) is 4.38. The Morgan fingerprint density at radius 3 is 2.75 bits per heavy atom. The predicted octanol–water partition coefficient (Wildman–Crippen LogP) is 3.64. The monoisotopic (exact) mass is 235 g/mol.